The van der Waals surface area contributed by atoms with E-state index in [0.29, 0.717) is 19.8 Å². The molecule has 0 aromatic heterocycles. The van der Waals surface area contributed by atoms with Gasteiger partial charge in [-0.25, -0.2) is 0 Å². The number of likely N-dealkylation sites (N-methyl/N-ethyl adjacent to an activating group) is 1. The predicted molar refractivity (Wildman–Crippen MR) is 75.6 cm³/mol. The van der Waals surface area contributed by atoms with Crippen LogP contribution in [0.3, 0.4) is 0 Å². The first kappa shape index (κ1) is 15.5. The molecule has 1 amide bonds. The van der Waals surface area contributed by atoms with Crippen molar-refractivity contribution in [3.63, 3.8) is 0 Å². The van der Waals surface area contributed by atoms with E-state index in [2.05, 4.69) is 10.2 Å². The van der Waals surface area contributed by atoms with E-state index in [1.165, 1.54) is 6.92 Å². The van der Waals surface area contributed by atoms with Gasteiger partial charge in [-0.1, -0.05) is 0 Å². The highest BCUT2D eigenvalue weighted by Crippen LogP contribution is 2.15. The Hall–Kier alpha value is -1.59. The molecule has 0 saturated carbocycles. The fourth-order valence-corrected chi connectivity index (χ4v) is 1.41. The number of carbonyl (C=O) groups is 1. The van der Waals surface area contributed by atoms with Crippen LogP contribution >= 0.6 is 0 Å². The van der Waals surface area contributed by atoms with E-state index in [1.807, 2.05) is 38.4 Å². The van der Waals surface area contributed by atoms with E-state index in [9.17, 15) is 4.79 Å². The van der Waals surface area contributed by atoms with Gasteiger partial charge in [-0.05, 0) is 38.4 Å². The molecule has 5 heteroatoms. The molecule has 0 radical (unpaired) electrons. The van der Waals surface area contributed by atoms with Gasteiger partial charge in [0.15, 0.2) is 0 Å². The number of hydrogen-bond acceptors (Lipinski definition) is 4. The van der Waals surface area contributed by atoms with Crippen LogP contribution in [0.1, 0.15) is 6.92 Å². The van der Waals surface area contributed by atoms with Gasteiger partial charge in [0.2, 0.25) is 5.91 Å². The number of hydrogen-bond donors (Lipinski definition) is 1. The minimum Gasteiger partial charge on any atom is -0.491 e. The van der Waals surface area contributed by atoms with Gasteiger partial charge in [0.25, 0.3) is 0 Å². The van der Waals surface area contributed by atoms with Crippen LogP contribution < -0.4 is 10.1 Å². The van der Waals surface area contributed by atoms with Crippen LogP contribution in [0, 0.1) is 0 Å². The Morgan fingerprint density at radius 2 is 1.84 bits per heavy atom. The summed E-state index contributed by atoms with van der Waals surface area (Å²) in [5.41, 5.74) is 0.766. The standard InChI is InChI=1S/C14H22N2O3/c1-12(17)15-13-4-6-14(7-5-13)19-11-10-18-9-8-16(2)3/h4-7H,8-11H2,1-3H3,(H,15,17). The Kier molecular flexibility index (Phi) is 6.92. The molecule has 5 nitrogen and oxygen atoms in total. The van der Waals surface area contributed by atoms with Crippen molar-refractivity contribution in [1.29, 1.82) is 0 Å². The third-order valence-corrected chi connectivity index (χ3v) is 2.35. The third-order valence-electron chi connectivity index (χ3n) is 2.35. The summed E-state index contributed by atoms with van der Waals surface area (Å²) < 4.78 is 10.9. The Morgan fingerprint density at radius 1 is 1.16 bits per heavy atom. The topological polar surface area (TPSA) is 50.8 Å². The zero-order valence-electron chi connectivity index (χ0n) is 11.8. The lowest BCUT2D eigenvalue weighted by molar-refractivity contribution is -0.114. The van der Waals surface area contributed by atoms with E-state index in [0.717, 1.165) is 18.0 Å². The molecule has 1 N–H and O–H groups in total. The van der Waals surface area contributed by atoms with Crippen LogP contribution in [-0.4, -0.2) is 51.3 Å². The van der Waals surface area contributed by atoms with Gasteiger partial charge in [0, 0.05) is 19.2 Å². The molecule has 0 bridgehead atoms. The molecular formula is C14H22N2O3. The van der Waals surface area contributed by atoms with Crippen molar-refractivity contribution in [2.75, 3.05) is 45.8 Å². The molecule has 19 heavy (non-hydrogen) atoms. The fraction of sp³-hybridized carbons (Fsp3) is 0.500. The monoisotopic (exact) mass is 266 g/mol. The summed E-state index contributed by atoms with van der Waals surface area (Å²) in [6.07, 6.45) is 0. The normalized spacial score (nSPS) is 10.5. The number of amides is 1. The molecule has 1 aromatic rings. The molecule has 0 aliphatic carbocycles. The predicted octanol–water partition coefficient (Wildman–Crippen LogP) is 1.60. The highest BCUT2D eigenvalue weighted by atomic mass is 16.5. The zero-order chi connectivity index (χ0) is 14.1. The van der Waals surface area contributed by atoms with Gasteiger partial charge >= 0.3 is 0 Å². The highest BCUT2D eigenvalue weighted by Gasteiger charge is 1.97. The fourth-order valence-electron chi connectivity index (χ4n) is 1.41. The second-order valence-corrected chi connectivity index (χ2v) is 4.47. The maximum absolute atomic E-state index is 10.9. The number of nitrogens with one attached hydrogen (secondary N) is 1. The molecular weight excluding hydrogens is 244 g/mol. The molecule has 0 heterocycles. The molecule has 0 saturated heterocycles. The van der Waals surface area contributed by atoms with E-state index in [-0.39, 0.29) is 5.91 Å². The maximum atomic E-state index is 10.9. The number of carbonyl (C=O) groups excluding carboxylic acids is 1. The number of rotatable bonds is 8. The lowest BCUT2D eigenvalue weighted by Gasteiger charge is -2.10. The van der Waals surface area contributed by atoms with Gasteiger partial charge < -0.3 is 19.7 Å². The first-order valence-electron chi connectivity index (χ1n) is 6.31. The second-order valence-electron chi connectivity index (χ2n) is 4.47. The van der Waals surface area contributed by atoms with Crippen molar-refractivity contribution >= 4 is 11.6 Å². The maximum Gasteiger partial charge on any atom is 0.221 e. The molecule has 0 aliphatic rings. The van der Waals surface area contributed by atoms with Gasteiger partial charge in [-0.3, -0.25) is 4.79 Å². The molecule has 106 valence electrons. The van der Waals surface area contributed by atoms with Crippen molar-refractivity contribution in [2.24, 2.45) is 0 Å². The summed E-state index contributed by atoms with van der Waals surface area (Å²) >= 11 is 0. The van der Waals surface area contributed by atoms with Crippen molar-refractivity contribution in [2.45, 2.75) is 6.92 Å². The van der Waals surface area contributed by atoms with E-state index >= 15 is 0 Å². The molecule has 1 aromatic carbocycles. The number of anilines is 1. The number of benzene rings is 1. The van der Waals surface area contributed by atoms with Crippen molar-refractivity contribution in [3.05, 3.63) is 24.3 Å². The van der Waals surface area contributed by atoms with Crippen molar-refractivity contribution < 1.29 is 14.3 Å². The van der Waals surface area contributed by atoms with Crippen LogP contribution in [0.2, 0.25) is 0 Å². The van der Waals surface area contributed by atoms with Gasteiger partial charge in [0.1, 0.15) is 12.4 Å². The number of nitrogens with zero attached hydrogens (tertiary/aromatic N) is 1. The minimum absolute atomic E-state index is 0.0806. The number of ether oxygens (including phenoxy) is 2. The largest absolute Gasteiger partial charge is 0.491 e. The molecule has 0 spiro atoms. The lowest BCUT2D eigenvalue weighted by atomic mass is 10.3. The summed E-state index contributed by atoms with van der Waals surface area (Å²) in [4.78, 5) is 12.9. The van der Waals surface area contributed by atoms with Crippen LogP contribution in [0.25, 0.3) is 0 Å². The Bertz CT molecular complexity index is 377. The molecule has 1 rings (SSSR count). The second kappa shape index (κ2) is 8.50. The summed E-state index contributed by atoms with van der Waals surface area (Å²) in [6.45, 7) is 4.19. The lowest BCUT2D eigenvalue weighted by Crippen LogP contribution is -2.19. The molecule has 0 aliphatic heterocycles. The van der Waals surface area contributed by atoms with E-state index in [1.54, 1.807) is 0 Å². The first-order chi connectivity index (χ1) is 9.08. The van der Waals surface area contributed by atoms with E-state index < -0.39 is 0 Å². The average molecular weight is 266 g/mol. The molecule has 0 fully saturated rings. The Balaban J connectivity index is 2.17. The van der Waals surface area contributed by atoms with Gasteiger partial charge in [-0.2, -0.15) is 0 Å². The van der Waals surface area contributed by atoms with Gasteiger partial charge in [-0.15, -0.1) is 0 Å². The van der Waals surface area contributed by atoms with Crippen LogP contribution in [0.15, 0.2) is 24.3 Å². The quantitative estimate of drug-likeness (QED) is 0.726. The van der Waals surface area contributed by atoms with E-state index in [4.69, 9.17) is 9.47 Å². The summed E-state index contributed by atoms with van der Waals surface area (Å²) in [5, 5.41) is 2.70. The Labute approximate surface area is 114 Å². The average Bonchev–Trinajstić information content (AvgIpc) is 2.34. The highest BCUT2D eigenvalue weighted by molar-refractivity contribution is 5.88. The summed E-state index contributed by atoms with van der Waals surface area (Å²) in [5.74, 6) is 0.688. The smallest absolute Gasteiger partial charge is 0.221 e. The molecule has 0 atom stereocenters. The Morgan fingerprint density at radius 3 is 2.42 bits per heavy atom. The van der Waals surface area contributed by atoms with Crippen molar-refractivity contribution in [3.8, 4) is 5.75 Å². The van der Waals surface area contributed by atoms with Crippen LogP contribution in [0.4, 0.5) is 5.69 Å². The third kappa shape index (κ3) is 7.43. The van der Waals surface area contributed by atoms with Gasteiger partial charge in [0.05, 0.1) is 13.2 Å². The summed E-state index contributed by atoms with van der Waals surface area (Å²) in [6, 6.07) is 7.27. The van der Waals surface area contributed by atoms with Crippen molar-refractivity contribution in [1.82, 2.24) is 4.90 Å². The minimum atomic E-state index is -0.0806. The first-order valence-corrected chi connectivity index (χ1v) is 6.31. The van der Waals surface area contributed by atoms with Crippen LogP contribution in [0.5, 0.6) is 5.75 Å². The molecule has 0 unspecified atom stereocenters. The van der Waals surface area contributed by atoms with Crippen LogP contribution in [-0.2, 0) is 9.53 Å². The zero-order valence-corrected chi connectivity index (χ0v) is 11.8. The SMILES string of the molecule is CC(=O)Nc1ccc(OCCOCCN(C)C)cc1. The summed E-state index contributed by atoms with van der Waals surface area (Å²) in [7, 11) is 4.02.